The molecular formula is C17H26N4O3. The zero-order valence-corrected chi connectivity index (χ0v) is 14.5. The Bertz CT molecular complexity index is 544. The quantitative estimate of drug-likeness (QED) is 0.738. The van der Waals surface area contributed by atoms with Gasteiger partial charge in [0.2, 0.25) is 11.8 Å². The molecule has 1 aromatic rings. The first-order valence-corrected chi connectivity index (χ1v) is 8.05. The Hall–Kier alpha value is -2.57. The van der Waals surface area contributed by atoms with Crippen molar-refractivity contribution in [1.29, 1.82) is 0 Å². The zero-order valence-electron chi connectivity index (χ0n) is 14.5. The molecule has 0 fully saturated rings. The summed E-state index contributed by atoms with van der Waals surface area (Å²) in [5, 5.41) is 5.17. The summed E-state index contributed by atoms with van der Waals surface area (Å²) in [6.07, 6.45) is 0. The van der Waals surface area contributed by atoms with Crippen LogP contribution in [0.3, 0.4) is 0 Å². The lowest BCUT2D eigenvalue weighted by Gasteiger charge is -2.23. The molecule has 0 spiro atoms. The van der Waals surface area contributed by atoms with E-state index in [1.807, 2.05) is 44.2 Å². The summed E-state index contributed by atoms with van der Waals surface area (Å²) in [6, 6.07) is 9.06. The van der Waals surface area contributed by atoms with Gasteiger partial charge in [0.05, 0.1) is 13.1 Å². The van der Waals surface area contributed by atoms with Crippen molar-refractivity contribution in [3.63, 3.8) is 0 Å². The SMILES string of the molecule is CCN(CC)C(=O)CN(C)C(=O)CNC(=O)NCc1ccccc1. The molecule has 132 valence electrons. The van der Waals surface area contributed by atoms with Crippen LogP contribution in [0.15, 0.2) is 30.3 Å². The van der Waals surface area contributed by atoms with E-state index in [0.29, 0.717) is 19.6 Å². The molecule has 0 heterocycles. The molecule has 0 unspecified atom stereocenters. The summed E-state index contributed by atoms with van der Waals surface area (Å²) >= 11 is 0. The van der Waals surface area contributed by atoms with Crippen molar-refractivity contribution in [2.75, 3.05) is 33.2 Å². The summed E-state index contributed by atoms with van der Waals surface area (Å²) in [5.41, 5.74) is 0.973. The molecule has 0 aliphatic rings. The van der Waals surface area contributed by atoms with Gasteiger partial charge in [0, 0.05) is 26.7 Å². The van der Waals surface area contributed by atoms with Crippen molar-refractivity contribution in [1.82, 2.24) is 20.4 Å². The molecule has 1 rings (SSSR count). The molecule has 1 aromatic carbocycles. The second-order valence-electron chi connectivity index (χ2n) is 5.34. The Balaban J connectivity index is 2.31. The Morgan fingerprint density at radius 3 is 2.17 bits per heavy atom. The van der Waals surface area contributed by atoms with Crippen LogP contribution in [-0.4, -0.2) is 60.9 Å². The van der Waals surface area contributed by atoms with Gasteiger partial charge in [-0.2, -0.15) is 0 Å². The van der Waals surface area contributed by atoms with Crippen LogP contribution >= 0.6 is 0 Å². The van der Waals surface area contributed by atoms with Gasteiger partial charge in [-0.1, -0.05) is 30.3 Å². The number of carbonyl (C=O) groups is 3. The lowest BCUT2D eigenvalue weighted by atomic mass is 10.2. The van der Waals surface area contributed by atoms with Crippen LogP contribution in [-0.2, 0) is 16.1 Å². The van der Waals surface area contributed by atoms with Crippen molar-refractivity contribution in [3.05, 3.63) is 35.9 Å². The van der Waals surface area contributed by atoms with Gasteiger partial charge in [-0.05, 0) is 19.4 Å². The summed E-state index contributed by atoms with van der Waals surface area (Å²) in [5.74, 6) is -0.422. The average Bonchev–Trinajstić information content (AvgIpc) is 2.59. The minimum Gasteiger partial charge on any atom is -0.342 e. The summed E-state index contributed by atoms with van der Waals surface area (Å²) < 4.78 is 0. The number of carbonyl (C=O) groups excluding carboxylic acids is 3. The van der Waals surface area contributed by atoms with E-state index in [4.69, 9.17) is 0 Å². The van der Waals surface area contributed by atoms with Gasteiger partial charge in [0.15, 0.2) is 0 Å². The molecule has 0 aliphatic heterocycles. The van der Waals surface area contributed by atoms with Crippen molar-refractivity contribution < 1.29 is 14.4 Å². The van der Waals surface area contributed by atoms with E-state index < -0.39 is 6.03 Å². The normalized spacial score (nSPS) is 9.96. The fraction of sp³-hybridized carbons (Fsp3) is 0.471. The van der Waals surface area contributed by atoms with Gasteiger partial charge >= 0.3 is 6.03 Å². The number of urea groups is 1. The lowest BCUT2D eigenvalue weighted by Crippen LogP contribution is -2.46. The number of benzene rings is 1. The molecule has 7 nitrogen and oxygen atoms in total. The number of hydrogen-bond acceptors (Lipinski definition) is 3. The number of nitrogens with one attached hydrogen (secondary N) is 2. The minimum absolute atomic E-state index is 0.00777. The van der Waals surface area contributed by atoms with Crippen LogP contribution in [0.2, 0.25) is 0 Å². The van der Waals surface area contributed by atoms with Crippen LogP contribution in [0.5, 0.6) is 0 Å². The molecular weight excluding hydrogens is 308 g/mol. The average molecular weight is 334 g/mol. The van der Waals surface area contributed by atoms with Crippen molar-refractivity contribution in [2.24, 2.45) is 0 Å². The van der Waals surface area contributed by atoms with E-state index in [-0.39, 0.29) is 24.9 Å². The predicted octanol–water partition coefficient (Wildman–Crippen LogP) is 0.813. The third-order valence-corrected chi connectivity index (χ3v) is 3.61. The highest BCUT2D eigenvalue weighted by molar-refractivity contribution is 5.87. The minimum atomic E-state index is -0.421. The summed E-state index contributed by atoms with van der Waals surface area (Å²) in [4.78, 5) is 38.6. The van der Waals surface area contributed by atoms with Crippen LogP contribution in [0.25, 0.3) is 0 Å². The molecule has 0 radical (unpaired) electrons. The molecule has 0 bridgehead atoms. The molecule has 4 amide bonds. The molecule has 0 aromatic heterocycles. The zero-order chi connectivity index (χ0) is 17.9. The number of nitrogens with zero attached hydrogens (tertiary/aromatic N) is 2. The second-order valence-corrected chi connectivity index (χ2v) is 5.34. The standard InChI is InChI=1S/C17H26N4O3/c1-4-21(5-2)16(23)13-20(3)15(22)12-19-17(24)18-11-14-9-7-6-8-10-14/h6-10H,4-5,11-13H2,1-3H3,(H2,18,19,24). The molecule has 24 heavy (non-hydrogen) atoms. The van der Waals surface area contributed by atoms with Gasteiger partial charge < -0.3 is 20.4 Å². The van der Waals surface area contributed by atoms with E-state index in [1.54, 1.807) is 11.9 Å². The number of rotatable bonds is 8. The van der Waals surface area contributed by atoms with E-state index >= 15 is 0 Å². The number of amides is 4. The van der Waals surface area contributed by atoms with Crippen LogP contribution < -0.4 is 10.6 Å². The first-order valence-electron chi connectivity index (χ1n) is 8.05. The number of likely N-dealkylation sites (N-methyl/N-ethyl adjacent to an activating group) is 2. The fourth-order valence-corrected chi connectivity index (χ4v) is 2.10. The van der Waals surface area contributed by atoms with E-state index in [2.05, 4.69) is 10.6 Å². The third kappa shape index (κ3) is 6.68. The summed E-state index contributed by atoms with van der Waals surface area (Å²) in [7, 11) is 1.55. The highest BCUT2D eigenvalue weighted by Crippen LogP contribution is 1.97. The fourth-order valence-electron chi connectivity index (χ4n) is 2.10. The van der Waals surface area contributed by atoms with E-state index in [0.717, 1.165) is 5.56 Å². The van der Waals surface area contributed by atoms with Crippen molar-refractivity contribution in [2.45, 2.75) is 20.4 Å². The van der Waals surface area contributed by atoms with Crippen LogP contribution in [0, 0.1) is 0 Å². The number of hydrogen-bond donors (Lipinski definition) is 2. The molecule has 2 N–H and O–H groups in total. The van der Waals surface area contributed by atoms with Gasteiger partial charge in [0.25, 0.3) is 0 Å². The second kappa shape index (κ2) is 10.3. The first kappa shape index (κ1) is 19.5. The maximum atomic E-state index is 12.0. The van der Waals surface area contributed by atoms with Gasteiger partial charge in [-0.15, -0.1) is 0 Å². The summed E-state index contributed by atoms with van der Waals surface area (Å²) in [6.45, 7) is 5.24. The van der Waals surface area contributed by atoms with Crippen LogP contribution in [0.4, 0.5) is 4.79 Å². The van der Waals surface area contributed by atoms with E-state index in [1.165, 1.54) is 4.90 Å². The maximum Gasteiger partial charge on any atom is 0.315 e. The monoisotopic (exact) mass is 334 g/mol. The van der Waals surface area contributed by atoms with Gasteiger partial charge in [-0.25, -0.2) is 4.79 Å². The predicted molar refractivity (Wildman–Crippen MR) is 92.2 cm³/mol. The lowest BCUT2D eigenvalue weighted by molar-refractivity contribution is -0.138. The first-order chi connectivity index (χ1) is 11.5. The molecule has 7 heteroatoms. The Kier molecular flexibility index (Phi) is 8.32. The van der Waals surface area contributed by atoms with Gasteiger partial charge in [0.1, 0.15) is 0 Å². The molecule has 0 saturated heterocycles. The van der Waals surface area contributed by atoms with Crippen molar-refractivity contribution in [3.8, 4) is 0 Å². The Morgan fingerprint density at radius 2 is 1.58 bits per heavy atom. The molecule has 0 atom stereocenters. The van der Waals surface area contributed by atoms with E-state index in [9.17, 15) is 14.4 Å². The maximum absolute atomic E-state index is 12.0. The largest absolute Gasteiger partial charge is 0.342 e. The van der Waals surface area contributed by atoms with Gasteiger partial charge in [-0.3, -0.25) is 9.59 Å². The third-order valence-electron chi connectivity index (χ3n) is 3.61. The highest BCUT2D eigenvalue weighted by Gasteiger charge is 2.16. The smallest absolute Gasteiger partial charge is 0.315 e. The Labute approximate surface area is 143 Å². The highest BCUT2D eigenvalue weighted by atomic mass is 16.2. The molecule has 0 saturated carbocycles. The van der Waals surface area contributed by atoms with Crippen molar-refractivity contribution >= 4 is 17.8 Å². The van der Waals surface area contributed by atoms with Crippen LogP contribution in [0.1, 0.15) is 19.4 Å². The Morgan fingerprint density at radius 1 is 0.958 bits per heavy atom. The molecule has 0 aliphatic carbocycles. The topological polar surface area (TPSA) is 81.8 Å².